The number of rotatable bonds is 1. The summed E-state index contributed by atoms with van der Waals surface area (Å²) in [6.45, 7) is 0. The molecular weight excluding hydrogens is 271 g/mol. The largest absolute Gasteiger partial charge is 0.729 e. The van der Waals surface area contributed by atoms with Gasteiger partial charge in [-0.25, -0.2) is 0 Å². The number of hydrogen-bond donors (Lipinski definition) is 0. The van der Waals surface area contributed by atoms with Gasteiger partial charge in [-0.2, -0.15) is 5.26 Å². The Labute approximate surface area is 129 Å². The summed E-state index contributed by atoms with van der Waals surface area (Å²) in [5, 5.41) is 14.0. The van der Waals surface area contributed by atoms with Gasteiger partial charge in [0, 0.05) is 5.69 Å². The fourth-order valence-electron chi connectivity index (χ4n) is 2.63. The van der Waals surface area contributed by atoms with Crippen molar-refractivity contribution in [2.75, 3.05) is 4.81 Å². The fourth-order valence-corrected chi connectivity index (χ4v) is 2.63. The van der Waals surface area contributed by atoms with Gasteiger partial charge in [0.25, 0.3) is 0 Å². The lowest BCUT2D eigenvalue weighted by Crippen LogP contribution is -2.27. The first-order chi connectivity index (χ1) is 10.9. The second kappa shape index (κ2) is 5.01. The Hall–Kier alpha value is -3.13. The van der Waals surface area contributed by atoms with Crippen LogP contribution in [-0.4, -0.2) is 12.2 Å². The van der Waals surface area contributed by atoms with Gasteiger partial charge < -0.3 is 4.81 Å². The molecule has 101 valence electrons. The molecule has 0 N–H and O–H groups in total. The van der Waals surface area contributed by atoms with Gasteiger partial charge in [-0.15, -0.1) is 4.61 Å². The van der Waals surface area contributed by atoms with Crippen LogP contribution in [0.2, 0.25) is 0 Å². The van der Waals surface area contributed by atoms with Gasteiger partial charge in [0.15, 0.2) is 6.07 Å². The molecule has 4 nitrogen and oxygen atoms in total. The predicted octanol–water partition coefficient (Wildman–Crippen LogP) is 3.60. The summed E-state index contributed by atoms with van der Waals surface area (Å²) in [5.74, 6) is 0. The van der Waals surface area contributed by atoms with Crippen LogP contribution < -0.4 is 4.81 Å². The van der Waals surface area contributed by atoms with Crippen molar-refractivity contribution in [1.82, 2.24) is 0 Å². The van der Waals surface area contributed by atoms with E-state index in [-0.39, 0.29) is 0 Å². The minimum atomic E-state index is 0.523. The van der Waals surface area contributed by atoms with E-state index in [1.54, 1.807) is 4.61 Å². The van der Waals surface area contributed by atoms with Crippen LogP contribution in [0, 0.1) is 11.3 Å². The second-order valence-electron chi connectivity index (χ2n) is 5.00. The highest BCUT2D eigenvalue weighted by Gasteiger charge is 2.43. The molecule has 2 aliphatic heterocycles. The smallest absolute Gasteiger partial charge is 0.311 e. The Morgan fingerprint density at radius 2 is 1.77 bits per heavy atom. The molecule has 0 aromatic heterocycles. The van der Waals surface area contributed by atoms with Crippen LogP contribution in [0.15, 0.2) is 77.2 Å². The van der Waals surface area contributed by atoms with Crippen LogP contribution >= 0.6 is 0 Å². The normalized spacial score (nSPS) is 17.0. The minimum Gasteiger partial charge on any atom is -0.311 e. The van der Waals surface area contributed by atoms with E-state index in [9.17, 15) is 5.26 Å². The summed E-state index contributed by atoms with van der Waals surface area (Å²) in [7, 11) is 1.85. The highest BCUT2D eigenvalue weighted by molar-refractivity contribution is 6.36. The van der Waals surface area contributed by atoms with E-state index in [0.29, 0.717) is 5.70 Å². The Morgan fingerprint density at radius 1 is 1.00 bits per heavy atom. The van der Waals surface area contributed by atoms with Crippen molar-refractivity contribution < 1.29 is 4.61 Å². The van der Waals surface area contributed by atoms with Crippen molar-refractivity contribution in [3.8, 4) is 6.07 Å². The van der Waals surface area contributed by atoms with E-state index >= 15 is 0 Å². The molecule has 22 heavy (non-hydrogen) atoms. The number of nitrogens with zero attached hydrogens (tertiary/aromatic N) is 4. The van der Waals surface area contributed by atoms with Crippen LogP contribution in [0.25, 0.3) is 6.08 Å². The second-order valence-corrected chi connectivity index (χ2v) is 5.00. The number of allylic oxidation sites excluding steroid dienone is 2. The molecule has 2 aromatic carbocycles. The summed E-state index contributed by atoms with van der Waals surface area (Å²) in [6, 6.07) is 20.0. The first kappa shape index (κ1) is 12.6. The maximum Gasteiger partial charge on any atom is 0.729 e. The zero-order valence-corrected chi connectivity index (χ0v) is 11.7. The van der Waals surface area contributed by atoms with Gasteiger partial charge in [-0.1, -0.05) is 42.5 Å². The number of azo groups is 1. The average Bonchev–Trinajstić information content (AvgIpc) is 2.93. The predicted molar refractivity (Wildman–Crippen MR) is 85.1 cm³/mol. The Kier molecular flexibility index (Phi) is 2.87. The monoisotopic (exact) mass is 282 g/mol. The van der Waals surface area contributed by atoms with Gasteiger partial charge in [0.05, 0.1) is 0 Å². The third kappa shape index (κ3) is 1.94. The van der Waals surface area contributed by atoms with Crippen LogP contribution in [0.3, 0.4) is 0 Å². The molecule has 0 atom stereocenters. The van der Waals surface area contributed by atoms with E-state index in [4.69, 9.17) is 0 Å². The quantitative estimate of drug-likeness (QED) is 0.750. The third-order valence-corrected chi connectivity index (χ3v) is 3.66. The molecule has 2 heterocycles. The van der Waals surface area contributed by atoms with E-state index < -0.39 is 0 Å². The molecule has 0 amide bonds. The third-order valence-electron chi connectivity index (χ3n) is 3.66. The van der Waals surface area contributed by atoms with Gasteiger partial charge >= 0.3 is 13.2 Å². The molecule has 2 aromatic rings. The summed E-state index contributed by atoms with van der Waals surface area (Å²) in [6.07, 6.45) is 3.98. The molecule has 0 saturated heterocycles. The molecule has 5 heteroatoms. The maximum atomic E-state index is 9.51. The topological polar surface area (TPSA) is 42.4 Å². The molecule has 0 spiro atoms. The van der Waals surface area contributed by atoms with Crippen LogP contribution in [-0.2, 0) is 0 Å². The lowest BCUT2D eigenvalue weighted by atomic mass is 10.0. The zero-order valence-electron chi connectivity index (χ0n) is 11.7. The number of para-hydroxylation sites is 1. The number of anilines is 1. The Morgan fingerprint density at radius 3 is 2.59 bits per heavy atom. The number of benzene rings is 2. The van der Waals surface area contributed by atoms with Crippen molar-refractivity contribution in [3.63, 3.8) is 0 Å². The standard InChI is InChI=1S/C17H11BN4/c19-12-17-16-11-10-13-6-4-5-9-15(13)21(16)18-22(17)20-14-7-2-1-3-8-14/h1-11H/q+1. The molecule has 0 aliphatic carbocycles. The molecule has 0 fully saturated rings. The van der Waals surface area contributed by atoms with Crippen molar-refractivity contribution in [2.45, 2.75) is 0 Å². The summed E-state index contributed by atoms with van der Waals surface area (Å²) < 4.78 is 1.64. The molecule has 2 aliphatic rings. The van der Waals surface area contributed by atoms with E-state index in [1.807, 2.05) is 73.0 Å². The molecule has 0 saturated carbocycles. The van der Waals surface area contributed by atoms with Crippen LogP contribution in [0.4, 0.5) is 11.4 Å². The van der Waals surface area contributed by atoms with Gasteiger partial charge in [-0.05, 0) is 35.0 Å². The Balaban J connectivity index is 1.82. The van der Waals surface area contributed by atoms with Crippen LogP contribution in [0.1, 0.15) is 5.56 Å². The van der Waals surface area contributed by atoms with Crippen molar-refractivity contribution in [3.05, 3.63) is 77.6 Å². The lowest BCUT2D eigenvalue weighted by Gasteiger charge is -2.20. The Bertz CT molecular complexity index is 875. The van der Waals surface area contributed by atoms with Gasteiger partial charge in [0.2, 0.25) is 0 Å². The summed E-state index contributed by atoms with van der Waals surface area (Å²) in [4.78, 5) is 2.00. The van der Waals surface area contributed by atoms with E-state index in [2.05, 4.69) is 17.2 Å². The lowest BCUT2D eigenvalue weighted by molar-refractivity contribution is -0.385. The molecular formula is C17H11BN4+. The molecule has 0 unspecified atom stereocenters. The average molecular weight is 282 g/mol. The molecule has 4 rings (SSSR count). The van der Waals surface area contributed by atoms with E-state index in [1.165, 1.54) is 0 Å². The van der Waals surface area contributed by atoms with Gasteiger partial charge in [0.1, 0.15) is 11.4 Å². The fraction of sp³-hybridized carbons (Fsp3) is 0. The first-order valence-corrected chi connectivity index (χ1v) is 6.98. The number of fused-ring (bicyclic) bond motifs is 3. The summed E-state index contributed by atoms with van der Waals surface area (Å²) >= 11 is 0. The maximum absolute atomic E-state index is 9.51. The van der Waals surface area contributed by atoms with Crippen molar-refractivity contribution in [1.29, 1.82) is 5.26 Å². The van der Waals surface area contributed by atoms with Crippen molar-refractivity contribution in [2.24, 2.45) is 5.11 Å². The summed E-state index contributed by atoms with van der Waals surface area (Å²) in [5.41, 5.74) is 4.36. The molecule has 0 bridgehead atoms. The van der Waals surface area contributed by atoms with Crippen LogP contribution in [0.5, 0.6) is 0 Å². The minimum absolute atomic E-state index is 0.523. The first-order valence-electron chi connectivity index (χ1n) is 6.98. The SMILES string of the molecule is N#CC1=C2C=Cc3ccccc3N2[B][N+]1=Nc1ccccc1. The number of nitriles is 1. The number of hydrogen-bond acceptors (Lipinski definition) is 3. The van der Waals surface area contributed by atoms with E-state index in [0.717, 1.165) is 22.6 Å². The highest BCUT2D eigenvalue weighted by atomic mass is 15.3. The van der Waals surface area contributed by atoms with Crippen molar-refractivity contribution >= 4 is 25.0 Å². The van der Waals surface area contributed by atoms with Gasteiger partial charge in [-0.3, -0.25) is 0 Å². The highest BCUT2D eigenvalue weighted by Crippen LogP contribution is 2.35. The zero-order chi connectivity index (χ0) is 14.9. The molecule has 1 radical (unpaired) electrons.